The van der Waals surface area contributed by atoms with E-state index in [0.29, 0.717) is 38.3 Å². The molecule has 7 nitrogen and oxygen atoms in total. The summed E-state index contributed by atoms with van der Waals surface area (Å²) in [4.78, 5) is 13.5. The molecule has 1 heterocycles. The summed E-state index contributed by atoms with van der Waals surface area (Å²) in [6.07, 6.45) is 0.714. The Morgan fingerprint density at radius 2 is 1.96 bits per heavy atom. The lowest BCUT2D eigenvalue weighted by Gasteiger charge is -2.23. The number of nitrogens with one attached hydrogen (secondary N) is 2. The molecule has 2 rings (SSSR count). The highest BCUT2D eigenvalue weighted by Crippen LogP contribution is 2.27. The predicted molar refractivity (Wildman–Crippen MR) is 105 cm³/mol. The Kier molecular flexibility index (Phi) is 6.88. The SMILES string of the molecule is COc1ccc(C)cc1S(=O)(=O)N1CCC[NH+](CC(=O)NC(C)(C)C)CC1. The number of rotatable bonds is 5. The number of carbonyl (C=O) groups is 1. The molecular weight excluding hydrogens is 366 g/mol. The average Bonchev–Trinajstić information content (AvgIpc) is 2.79. The van der Waals surface area contributed by atoms with Crippen molar-refractivity contribution in [2.75, 3.05) is 39.8 Å². The van der Waals surface area contributed by atoms with Gasteiger partial charge >= 0.3 is 0 Å². The lowest BCUT2D eigenvalue weighted by Crippen LogP contribution is -3.13. The number of quaternary nitrogens is 1. The van der Waals surface area contributed by atoms with Crippen LogP contribution in [0.1, 0.15) is 32.8 Å². The van der Waals surface area contributed by atoms with Crippen LogP contribution in [0.4, 0.5) is 0 Å². The maximum absolute atomic E-state index is 13.1. The minimum Gasteiger partial charge on any atom is -0.495 e. The molecule has 0 spiro atoms. The topological polar surface area (TPSA) is 80.2 Å². The van der Waals surface area contributed by atoms with E-state index in [9.17, 15) is 13.2 Å². The van der Waals surface area contributed by atoms with Crippen LogP contribution in [0.3, 0.4) is 0 Å². The van der Waals surface area contributed by atoms with E-state index in [0.717, 1.165) is 17.0 Å². The Morgan fingerprint density at radius 1 is 1.26 bits per heavy atom. The number of amides is 1. The Morgan fingerprint density at radius 3 is 2.59 bits per heavy atom. The van der Waals surface area contributed by atoms with Crippen LogP contribution in [-0.4, -0.2) is 64.0 Å². The van der Waals surface area contributed by atoms with Gasteiger partial charge in [0.1, 0.15) is 10.6 Å². The van der Waals surface area contributed by atoms with Gasteiger partial charge in [-0.15, -0.1) is 0 Å². The van der Waals surface area contributed by atoms with Crippen LogP contribution >= 0.6 is 0 Å². The Balaban J connectivity index is 2.09. The van der Waals surface area contributed by atoms with E-state index in [1.807, 2.05) is 33.8 Å². The van der Waals surface area contributed by atoms with Gasteiger partial charge in [0.2, 0.25) is 10.0 Å². The molecule has 0 radical (unpaired) electrons. The molecule has 1 aromatic rings. The van der Waals surface area contributed by atoms with Gasteiger partial charge in [0.15, 0.2) is 6.54 Å². The molecule has 1 atom stereocenters. The second-order valence-electron chi connectivity index (χ2n) is 8.14. The van der Waals surface area contributed by atoms with Crippen LogP contribution in [-0.2, 0) is 14.8 Å². The fourth-order valence-electron chi connectivity index (χ4n) is 3.26. The van der Waals surface area contributed by atoms with Crippen molar-refractivity contribution in [2.45, 2.75) is 44.6 Å². The quantitative estimate of drug-likeness (QED) is 0.743. The monoisotopic (exact) mass is 398 g/mol. The minimum atomic E-state index is -3.64. The van der Waals surface area contributed by atoms with Crippen molar-refractivity contribution in [3.05, 3.63) is 23.8 Å². The number of methoxy groups -OCH3 is 1. The van der Waals surface area contributed by atoms with E-state index in [-0.39, 0.29) is 16.3 Å². The molecule has 1 fully saturated rings. The summed E-state index contributed by atoms with van der Waals surface area (Å²) in [5.41, 5.74) is 0.606. The summed E-state index contributed by atoms with van der Waals surface area (Å²) in [6, 6.07) is 5.18. The number of benzene rings is 1. The van der Waals surface area contributed by atoms with Crippen LogP contribution in [0.2, 0.25) is 0 Å². The maximum Gasteiger partial charge on any atom is 0.275 e. The van der Waals surface area contributed by atoms with Crippen molar-refractivity contribution in [3.63, 3.8) is 0 Å². The van der Waals surface area contributed by atoms with Crippen LogP contribution in [0.25, 0.3) is 0 Å². The van der Waals surface area contributed by atoms with E-state index in [1.165, 1.54) is 11.4 Å². The Labute approximate surface area is 162 Å². The number of aryl methyl sites for hydroxylation is 1. The van der Waals surface area contributed by atoms with Gasteiger partial charge in [0.25, 0.3) is 5.91 Å². The molecule has 2 N–H and O–H groups in total. The highest BCUT2D eigenvalue weighted by molar-refractivity contribution is 7.89. The summed E-state index contributed by atoms with van der Waals surface area (Å²) < 4.78 is 33.1. The van der Waals surface area contributed by atoms with Crippen molar-refractivity contribution in [1.29, 1.82) is 0 Å². The van der Waals surface area contributed by atoms with Crippen LogP contribution in [0.5, 0.6) is 5.75 Å². The summed E-state index contributed by atoms with van der Waals surface area (Å²) in [6.45, 7) is 10.3. The average molecular weight is 399 g/mol. The molecule has 1 saturated heterocycles. The van der Waals surface area contributed by atoms with Gasteiger partial charge in [-0.05, 0) is 45.4 Å². The van der Waals surface area contributed by atoms with Crippen LogP contribution < -0.4 is 15.0 Å². The number of ether oxygens (including phenoxy) is 1. The van der Waals surface area contributed by atoms with Crippen LogP contribution in [0.15, 0.2) is 23.1 Å². The first kappa shape index (κ1) is 21.7. The third kappa shape index (κ3) is 5.92. The second-order valence-corrected chi connectivity index (χ2v) is 10.0. The van der Waals surface area contributed by atoms with Crippen molar-refractivity contribution in [3.8, 4) is 5.75 Å². The van der Waals surface area contributed by atoms with Gasteiger partial charge in [-0.1, -0.05) is 6.07 Å². The zero-order valence-corrected chi connectivity index (χ0v) is 17.8. The molecule has 152 valence electrons. The molecule has 8 heteroatoms. The van der Waals surface area contributed by atoms with Gasteiger partial charge < -0.3 is 15.0 Å². The van der Waals surface area contributed by atoms with E-state index in [1.54, 1.807) is 12.1 Å². The third-order valence-corrected chi connectivity index (χ3v) is 6.43. The molecule has 0 bridgehead atoms. The molecule has 27 heavy (non-hydrogen) atoms. The molecule has 1 aliphatic rings. The van der Waals surface area contributed by atoms with Gasteiger partial charge in [-0.25, -0.2) is 8.42 Å². The van der Waals surface area contributed by atoms with E-state index >= 15 is 0 Å². The summed E-state index contributed by atoms with van der Waals surface area (Å²) in [5.74, 6) is 0.354. The molecule has 1 aliphatic heterocycles. The number of nitrogens with zero attached hydrogens (tertiary/aromatic N) is 1. The van der Waals surface area contributed by atoms with Gasteiger partial charge in [0, 0.05) is 18.5 Å². The summed E-state index contributed by atoms with van der Waals surface area (Å²) in [5, 5.41) is 2.97. The molecule has 1 unspecified atom stereocenters. The van der Waals surface area contributed by atoms with Crippen molar-refractivity contribution in [2.24, 2.45) is 0 Å². The smallest absolute Gasteiger partial charge is 0.275 e. The zero-order valence-electron chi connectivity index (χ0n) is 17.0. The minimum absolute atomic E-state index is 0.00541. The highest BCUT2D eigenvalue weighted by Gasteiger charge is 2.31. The van der Waals surface area contributed by atoms with Crippen molar-refractivity contribution < 1.29 is 22.8 Å². The van der Waals surface area contributed by atoms with Gasteiger partial charge in [-0.2, -0.15) is 4.31 Å². The molecule has 0 aliphatic carbocycles. The van der Waals surface area contributed by atoms with Gasteiger partial charge in [-0.3, -0.25) is 4.79 Å². The number of carbonyl (C=O) groups excluding carboxylic acids is 1. The predicted octanol–water partition coefficient (Wildman–Crippen LogP) is 0.198. The van der Waals surface area contributed by atoms with Crippen molar-refractivity contribution >= 4 is 15.9 Å². The molecular formula is C19H32N3O4S+. The first-order chi connectivity index (χ1) is 12.5. The number of hydrogen-bond acceptors (Lipinski definition) is 4. The van der Waals surface area contributed by atoms with E-state index < -0.39 is 10.0 Å². The van der Waals surface area contributed by atoms with E-state index in [4.69, 9.17) is 4.74 Å². The first-order valence-corrected chi connectivity index (χ1v) is 10.8. The molecule has 0 saturated carbocycles. The fraction of sp³-hybridized carbons (Fsp3) is 0.632. The lowest BCUT2D eigenvalue weighted by molar-refractivity contribution is -0.889. The highest BCUT2D eigenvalue weighted by atomic mass is 32.2. The Hall–Kier alpha value is -1.64. The second kappa shape index (κ2) is 8.58. The van der Waals surface area contributed by atoms with E-state index in [2.05, 4.69) is 5.32 Å². The number of hydrogen-bond donors (Lipinski definition) is 2. The van der Waals surface area contributed by atoms with Gasteiger partial charge in [0.05, 0.1) is 26.7 Å². The Bertz CT molecular complexity index is 772. The lowest BCUT2D eigenvalue weighted by atomic mass is 10.1. The molecule has 1 amide bonds. The zero-order chi connectivity index (χ0) is 20.2. The molecule has 1 aromatic carbocycles. The largest absolute Gasteiger partial charge is 0.495 e. The standard InChI is InChI=1S/C19H31N3O4S/c1-15-7-8-16(26-5)17(13-15)27(24,25)22-10-6-9-21(11-12-22)14-18(23)20-19(2,3)4/h7-8,13H,6,9-12,14H2,1-5H3,(H,20,23)/p+1. The van der Waals surface area contributed by atoms with Crippen molar-refractivity contribution in [1.82, 2.24) is 9.62 Å². The number of sulfonamides is 1. The third-order valence-electron chi connectivity index (χ3n) is 4.51. The summed E-state index contributed by atoms with van der Waals surface area (Å²) in [7, 11) is -2.16. The molecule has 0 aromatic heterocycles. The fourth-order valence-corrected chi connectivity index (χ4v) is 4.98. The first-order valence-electron chi connectivity index (χ1n) is 9.32. The summed E-state index contributed by atoms with van der Waals surface area (Å²) >= 11 is 0. The maximum atomic E-state index is 13.1. The normalized spacial score (nSPS) is 19.4. The van der Waals surface area contributed by atoms with Crippen LogP contribution in [0, 0.1) is 6.92 Å².